The minimum absolute atomic E-state index is 0.152. The zero-order valence-electron chi connectivity index (χ0n) is 17.4. The molecule has 1 heterocycles. The quantitative estimate of drug-likeness (QED) is 0.641. The number of likely N-dealkylation sites (N-methyl/N-ethyl adjacent to an activating group) is 1. The number of aliphatic hydroxyl groups is 1. The highest BCUT2D eigenvalue weighted by atomic mass is 16.5. The SMILES string of the molecule is CCCOc1cccc(N2C(=O)C(c3ccccc3OC)=C(N(C)CCO)C2=O)c1. The van der Waals surface area contributed by atoms with Crippen LogP contribution in [0.25, 0.3) is 5.57 Å². The number of nitrogens with zero attached hydrogens (tertiary/aromatic N) is 2. The average Bonchev–Trinajstić information content (AvgIpc) is 3.02. The zero-order valence-corrected chi connectivity index (χ0v) is 17.4. The summed E-state index contributed by atoms with van der Waals surface area (Å²) in [6.07, 6.45) is 0.849. The van der Waals surface area contributed by atoms with E-state index in [0.717, 1.165) is 11.3 Å². The molecule has 30 heavy (non-hydrogen) atoms. The highest BCUT2D eigenvalue weighted by molar-refractivity contribution is 6.45. The van der Waals surface area contributed by atoms with Crippen molar-refractivity contribution in [2.24, 2.45) is 0 Å². The van der Waals surface area contributed by atoms with Crippen LogP contribution in [0.4, 0.5) is 5.69 Å². The maximum Gasteiger partial charge on any atom is 0.282 e. The van der Waals surface area contributed by atoms with Crippen molar-refractivity contribution in [3.63, 3.8) is 0 Å². The second kappa shape index (κ2) is 9.45. The fourth-order valence-electron chi connectivity index (χ4n) is 3.39. The largest absolute Gasteiger partial charge is 0.496 e. The van der Waals surface area contributed by atoms with Gasteiger partial charge in [0.05, 0.1) is 31.6 Å². The summed E-state index contributed by atoms with van der Waals surface area (Å²) in [4.78, 5) is 29.6. The van der Waals surface area contributed by atoms with E-state index in [1.807, 2.05) is 6.92 Å². The highest BCUT2D eigenvalue weighted by Gasteiger charge is 2.42. The summed E-state index contributed by atoms with van der Waals surface area (Å²) in [7, 11) is 3.19. The molecule has 1 aliphatic rings. The average molecular weight is 410 g/mol. The fourth-order valence-corrected chi connectivity index (χ4v) is 3.39. The van der Waals surface area contributed by atoms with Gasteiger partial charge in [-0.25, -0.2) is 4.90 Å². The van der Waals surface area contributed by atoms with Crippen LogP contribution < -0.4 is 14.4 Å². The molecular formula is C23H26N2O5. The van der Waals surface area contributed by atoms with E-state index in [2.05, 4.69) is 0 Å². The second-order valence-corrected chi connectivity index (χ2v) is 6.86. The van der Waals surface area contributed by atoms with Gasteiger partial charge in [-0.3, -0.25) is 9.59 Å². The highest BCUT2D eigenvalue weighted by Crippen LogP contribution is 2.38. The van der Waals surface area contributed by atoms with Gasteiger partial charge in [0.2, 0.25) is 0 Å². The fraction of sp³-hybridized carbons (Fsp3) is 0.304. The molecule has 1 N–H and O–H groups in total. The van der Waals surface area contributed by atoms with Crippen LogP contribution in [0, 0.1) is 0 Å². The summed E-state index contributed by atoms with van der Waals surface area (Å²) in [5.41, 5.74) is 1.42. The number of hydrogen-bond acceptors (Lipinski definition) is 6. The number of ether oxygens (including phenoxy) is 2. The number of aliphatic hydroxyl groups excluding tert-OH is 1. The molecule has 7 nitrogen and oxygen atoms in total. The molecule has 0 saturated heterocycles. The number of carbonyl (C=O) groups is 2. The lowest BCUT2D eigenvalue weighted by Crippen LogP contribution is -2.34. The lowest BCUT2D eigenvalue weighted by Gasteiger charge is -2.20. The van der Waals surface area contributed by atoms with Crippen LogP contribution >= 0.6 is 0 Å². The third-order valence-corrected chi connectivity index (χ3v) is 4.80. The van der Waals surface area contributed by atoms with E-state index in [-0.39, 0.29) is 24.4 Å². The Morgan fingerprint density at radius 1 is 1.07 bits per heavy atom. The number of amides is 2. The molecule has 0 fully saturated rings. The Labute approximate surface area is 176 Å². The van der Waals surface area contributed by atoms with Crippen LogP contribution in [0.1, 0.15) is 18.9 Å². The molecule has 1 aliphatic heterocycles. The number of rotatable bonds is 9. The third-order valence-electron chi connectivity index (χ3n) is 4.80. The van der Waals surface area contributed by atoms with Crippen molar-refractivity contribution in [3.05, 3.63) is 59.8 Å². The van der Waals surface area contributed by atoms with Gasteiger partial charge in [0.15, 0.2) is 0 Å². The Bertz CT molecular complexity index is 970. The Balaban J connectivity index is 2.10. The van der Waals surface area contributed by atoms with E-state index in [4.69, 9.17) is 9.47 Å². The monoisotopic (exact) mass is 410 g/mol. The summed E-state index contributed by atoms with van der Waals surface area (Å²) < 4.78 is 11.1. The van der Waals surface area contributed by atoms with E-state index in [1.165, 1.54) is 7.11 Å². The molecule has 0 radical (unpaired) electrons. The number of imide groups is 1. The number of methoxy groups -OCH3 is 1. The van der Waals surface area contributed by atoms with Crippen molar-refractivity contribution >= 4 is 23.1 Å². The van der Waals surface area contributed by atoms with Gasteiger partial charge in [-0.2, -0.15) is 0 Å². The van der Waals surface area contributed by atoms with Crippen LogP contribution in [-0.4, -0.2) is 55.7 Å². The van der Waals surface area contributed by atoms with Gasteiger partial charge < -0.3 is 19.5 Å². The molecule has 2 aromatic carbocycles. The minimum atomic E-state index is -0.454. The molecule has 0 saturated carbocycles. The molecule has 2 aromatic rings. The maximum absolute atomic E-state index is 13.5. The number of para-hydroxylation sites is 1. The molecule has 0 bridgehead atoms. The van der Waals surface area contributed by atoms with Crippen LogP contribution in [0.3, 0.4) is 0 Å². The van der Waals surface area contributed by atoms with Crippen LogP contribution in [0.5, 0.6) is 11.5 Å². The molecule has 0 aromatic heterocycles. The van der Waals surface area contributed by atoms with Crippen molar-refractivity contribution in [1.82, 2.24) is 4.90 Å². The molecule has 0 spiro atoms. The topological polar surface area (TPSA) is 79.3 Å². The number of hydrogen-bond donors (Lipinski definition) is 1. The number of carbonyl (C=O) groups excluding carboxylic acids is 2. The Morgan fingerprint density at radius 3 is 2.53 bits per heavy atom. The number of benzene rings is 2. The normalized spacial score (nSPS) is 13.8. The van der Waals surface area contributed by atoms with Crippen molar-refractivity contribution in [2.45, 2.75) is 13.3 Å². The smallest absolute Gasteiger partial charge is 0.282 e. The van der Waals surface area contributed by atoms with Crippen molar-refractivity contribution in [2.75, 3.05) is 38.8 Å². The Kier molecular flexibility index (Phi) is 6.74. The first-order valence-electron chi connectivity index (χ1n) is 9.84. The standard InChI is InChI=1S/C23H26N2O5/c1-4-14-30-17-9-7-8-16(15-17)25-22(27)20(18-10-5-6-11-19(18)29-3)21(23(25)28)24(2)12-13-26/h5-11,15,26H,4,12-14H2,1-3H3. The van der Waals surface area contributed by atoms with E-state index < -0.39 is 11.8 Å². The predicted octanol–water partition coefficient (Wildman–Crippen LogP) is 2.69. The Morgan fingerprint density at radius 2 is 1.83 bits per heavy atom. The van der Waals surface area contributed by atoms with E-state index in [9.17, 15) is 14.7 Å². The van der Waals surface area contributed by atoms with Crippen molar-refractivity contribution in [1.29, 1.82) is 0 Å². The van der Waals surface area contributed by atoms with E-state index >= 15 is 0 Å². The van der Waals surface area contributed by atoms with Gasteiger partial charge in [0, 0.05) is 25.2 Å². The molecule has 0 aliphatic carbocycles. The Hall–Kier alpha value is -3.32. The molecule has 7 heteroatoms. The molecule has 0 atom stereocenters. The molecule has 158 valence electrons. The van der Waals surface area contributed by atoms with Gasteiger partial charge in [-0.05, 0) is 24.6 Å². The van der Waals surface area contributed by atoms with Crippen molar-refractivity contribution in [3.8, 4) is 11.5 Å². The van der Waals surface area contributed by atoms with Gasteiger partial charge >= 0.3 is 0 Å². The second-order valence-electron chi connectivity index (χ2n) is 6.86. The van der Waals surface area contributed by atoms with Crippen LogP contribution in [-0.2, 0) is 9.59 Å². The molecule has 2 amide bonds. The summed E-state index contributed by atoms with van der Waals surface area (Å²) in [6.45, 7) is 2.60. The minimum Gasteiger partial charge on any atom is -0.496 e. The van der Waals surface area contributed by atoms with Crippen LogP contribution in [0.2, 0.25) is 0 Å². The van der Waals surface area contributed by atoms with Gasteiger partial charge in [-0.15, -0.1) is 0 Å². The third kappa shape index (κ3) is 4.02. The number of anilines is 1. The summed E-state index contributed by atoms with van der Waals surface area (Å²) in [6, 6.07) is 14.0. The van der Waals surface area contributed by atoms with Gasteiger partial charge in [-0.1, -0.05) is 31.2 Å². The van der Waals surface area contributed by atoms with E-state index in [0.29, 0.717) is 29.4 Å². The molecule has 3 rings (SSSR count). The lowest BCUT2D eigenvalue weighted by atomic mass is 10.0. The van der Waals surface area contributed by atoms with Gasteiger partial charge in [0.1, 0.15) is 17.2 Å². The first kappa shape index (κ1) is 21.4. The van der Waals surface area contributed by atoms with Crippen LogP contribution in [0.15, 0.2) is 54.2 Å². The van der Waals surface area contributed by atoms with Crippen molar-refractivity contribution < 1.29 is 24.2 Å². The summed E-state index contributed by atoms with van der Waals surface area (Å²) >= 11 is 0. The lowest BCUT2D eigenvalue weighted by molar-refractivity contribution is -0.120. The predicted molar refractivity (Wildman–Crippen MR) is 114 cm³/mol. The zero-order chi connectivity index (χ0) is 21.7. The van der Waals surface area contributed by atoms with Gasteiger partial charge in [0.25, 0.3) is 11.8 Å². The maximum atomic E-state index is 13.5. The first-order chi connectivity index (χ1) is 14.5. The molecular weight excluding hydrogens is 384 g/mol. The summed E-state index contributed by atoms with van der Waals surface area (Å²) in [5, 5.41) is 9.39. The first-order valence-corrected chi connectivity index (χ1v) is 9.84. The summed E-state index contributed by atoms with van der Waals surface area (Å²) in [5.74, 6) is 0.179. The molecule has 0 unspecified atom stereocenters. The van der Waals surface area contributed by atoms with E-state index in [1.54, 1.807) is 60.5 Å².